The van der Waals surface area contributed by atoms with E-state index in [0.29, 0.717) is 11.4 Å². The van der Waals surface area contributed by atoms with Crippen LogP contribution in [0.4, 0.5) is 10.7 Å². The van der Waals surface area contributed by atoms with Crippen LogP contribution in [0.5, 0.6) is 0 Å². The van der Waals surface area contributed by atoms with E-state index >= 15 is 0 Å². The quantitative estimate of drug-likeness (QED) is 0.874. The molecule has 1 heterocycles. The standard InChI is InChI=1S/C15H15ClN2OS/c1-15(2)7-11-13(12(19)8-15)14(20-18-11)17-10-5-3-9(16)4-6-10/h3-6,17H,7-8H2,1-2H3. The van der Waals surface area contributed by atoms with Gasteiger partial charge >= 0.3 is 0 Å². The molecular weight excluding hydrogens is 292 g/mol. The number of nitrogens with one attached hydrogen (secondary N) is 1. The Morgan fingerprint density at radius 2 is 1.95 bits per heavy atom. The highest BCUT2D eigenvalue weighted by Gasteiger charge is 2.34. The molecule has 3 nitrogen and oxygen atoms in total. The molecular formula is C15H15ClN2OS. The Balaban J connectivity index is 1.92. The first-order valence-electron chi connectivity index (χ1n) is 6.49. The first-order chi connectivity index (χ1) is 9.44. The summed E-state index contributed by atoms with van der Waals surface area (Å²) in [6, 6.07) is 7.43. The SMILES string of the molecule is CC1(C)CC(=O)c2c(nsc2Nc2ccc(Cl)cc2)C1. The average molecular weight is 307 g/mol. The molecule has 1 aliphatic carbocycles. The monoisotopic (exact) mass is 306 g/mol. The van der Waals surface area contributed by atoms with E-state index in [1.54, 1.807) is 0 Å². The van der Waals surface area contributed by atoms with Crippen molar-refractivity contribution in [3.8, 4) is 0 Å². The van der Waals surface area contributed by atoms with Gasteiger partial charge in [0.15, 0.2) is 5.78 Å². The van der Waals surface area contributed by atoms with Gasteiger partial charge in [0.1, 0.15) is 5.00 Å². The molecule has 1 N–H and O–H groups in total. The number of rotatable bonds is 2. The number of hydrogen-bond acceptors (Lipinski definition) is 4. The molecule has 20 heavy (non-hydrogen) atoms. The van der Waals surface area contributed by atoms with E-state index in [4.69, 9.17) is 11.6 Å². The van der Waals surface area contributed by atoms with Crippen LogP contribution in [0.3, 0.4) is 0 Å². The Labute approximate surface area is 127 Å². The minimum atomic E-state index is 0.00962. The van der Waals surface area contributed by atoms with Gasteiger partial charge in [-0.1, -0.05) is 25.4 Å². The van der Waals surface area contributed by atoms with Gasteiger partial charge in [-0.3, -0.25) is 4.79 Å². The van der Waals surface area contributed by atoms with Gasteiger partial charge in [0, 0.05) is 17.1 Å². The second kappa shape index (κ2) is 4.86. The summed E-state index contributed by atoms with van der Waals surface area (Å²) in [6.07, 6.45) is 1.43. The summed E-state index contributed by atoms with van der Waals surface area (Å²) in [6.45, 7) is 4.22. The van der Waals surface area contributed by atoms with Gasteiger partial charge in [-0.25, -0.2) is 0 Å². The molecule has 1 aliphatic rings. The van der Waals surface area contributed by atoms with E-state index in [-0.39, 0.29) is 11.2 Å². The summed E-state index contributed by atoms with van der Waals surface area (Å²) in [5.41, 5.74) is 2.62. The smallest absolute Gasteiger partial charge is 0.168 e. The van der Waals surface area contributed by atoms with Crippen LogP contribution in [0.1, 0.15) is 36.3 Å². The zero-order valence-electron chi connectivity index (χ0n) is 11.4. The lowest BCUT2D eigenvalue weighted by molar-refractivity contribution is 0.0913. The van der Waals surface area contributed by atoms with Crippen LogP contribution in [0.15, 0.2) is 24.3 Å². The molecule has 0 saturated carbocycles. The molecule has 0 saturated heterocycles. The molecule has 3 rings (SSSR count). The number of hydrogen-bond donors (Lipinski definition) is 1. The van der Waals surface area contributed by atoms with Crippen LogP contribution in [-0.2, 0) is 6.42 Å². The normalized spacial score (nSPS) is 16.9. The highest BCUT2D eigenvalue weighted by molar-refractivity contribution is 7.10. The highest BCUT2D eigenvalue weighted by atomic mass is 35.5. The van der Waals surface area contributed by atoms with Gasteiger partial charge in [0.05, 0.1) is 11.3 Å². The summed E-state index contributed by atoms with van der Waals surface area (Å²) >= 11 is 7.23. The van der Waals surface area contributed by atoms with Crippen LogP contribution in [0.2, 0.25) is 5.02 Å². The molecule has 0 radical (unpaired) electrons. The molecule has 0 unspecified atom stereocenters. The topological polar surface area (TPSA) is 42.0 Å². The fourth-order valence-electron chi connectivity index (χ4n) is 2.52. The number of aromatic nitrogens is 1. The molecule has 0 fully saturated rings. The molecule has 0 aliphatic heterocycles. The van der Waals surface area contributed by atoms with Crippen molar-refractivity contribution in [2.24, 2.45) is 5.41 Å². The number of anilines is 2. The average Bonchev–Trinajstić information content (AvgIpc) is 2.73. The van der Waals surface area contributed by atoms with Crippen LogP contribution in [-0.4, -0.2) is 10.2 Å². The minimum Gasteiger partial charge on any atom is -0.345 e. The zero-order chi connectivity index (χ0) is 14.3. The summed E-state index contributed by atoms with van der Waals surface area (Å²) < 4.78 is 4.45. The van der Waals surface area contributed by atoms with Crippen LogP contribution in [0, 0.1) is 5.41 Å². The fraction of sp³-hybridized carbons (Fsp3) is 0.333. The Morgan fingerprint density at radius 3 is 2.65 bits per heavy atom. The van der Waals surface area contributed by atoms with Crippen LogP contribution >= 0.6 is 23.1 Å². The number of halogens is 1. The molecule has 104 valence electrons. The van der Waals surface area contributed by atoms with Gasteiger partial charge in [0.2, 0.25) is 0 Å². The number of fused-ring (bicyclic) bond motifs is 1. The largest absolute Gasteiger partial charge is 0.345 e. The number of benzene rings is 1. The van der Waals surface area contributed by atoms with Crippen molar-refractivity contribution in [2.45, 2.75) is 26.7 Å². The summed E-state index contributed by atoms with van der Waals surface area (Å²) in [5, 5.41) is 4.80. The Hall–Kier alpha value is -1.39. The summed E-state index contributed by atoms with van der Waals surface area (Å²) in [7, 11) is 0. The van der Waals surface area contributed by atoms with Gasteiger partial charge < -0.3 is 5.32 Å². The third-order valence-electron chi connectivity index (χ3n) is 3.43. The maximum atomic E-state index is 12.3. The van der Waals surface area contributed by atoms with Crippen molar-refractivity contribution in [1.82, 2.24) is 4.37 Å². The summed E-state index contributed by atoms with van der Waals surface area (Å²) in [5.74, 6) is 0.182. The predicted octanol–water partition coefficient (Wildman–Crippen LogP) is 4.70. The Kier molecular flexibility index (Phi) is 3.30. The third kappa shape index (κ3) is 2.58. The molecule has 0 atom stereocenters. The van der Waals surface area contributed by atoms with E-state index in [1.165, 1.54) is 11.5 Å². The molecule has 0 amide bonds. The lowest BCUT2D eigenvalue weighted by atomic mass is 9.76. The molecule has 1 aromatic carbocycles. The van der Waals surface area contributed by atoms with Crippen molar-refractivity contribution in [2.75, 3.05) is 5.32 Å². The van der Waals surface area contributed by atoms with Crippen molar-refractivity contribution < 1.29 is 4.79 Å². The second-order valence-electron chi connectivity index (χ2n) is 5.91. The lowest BCUT2D eigenvalue weighted by Crippen LogP contribution is -2.26. The van der Waals surface area contributed by atoms with E-state index < -0.39 is 0 Å². The van der Waals surface area contributed by atoms with E-state index in [0.717, 1.165) is 28.4 Å². The first kappa shape index (κ1) is 13.6. The van der Waals surface area contributed by atoms with Crippen molar-refractivity contribution in [3.05, 3.63) is 40.5 Å². The fourth-order valence-corrected chi connectivity index (χ4v) is 3.49. The number of carbonyl (C=O) groups is 1. The highest BCUT2D eigenvalue weighted by Crippen LogP contribution is 2.40. The maximum absolute atomic E-state index is 12.3. The first-order valence-corrected chi connectivity index (χ1v) is 7.64. The number of carbonyl (C=O) groups excluding carboxylic acids is 1. The number of nitrogens with zero attached hydrogens (tertiary/aromatic N) is 1. The van der Waals surface area contributed by atoms with E-state index in [1.807, 2.05) is 24.3 Å². The molecule has 0 bridgehead atoms. The van der Waals surface area contributed by atoms with Gasteiger partial charge in [-0.05, 0) is 47.6 Å². The van der Waals surface area contributed by atoms with E-state index in [2.05, 4.69) is 23.5 Å². The number of Topliss-reactive ketones (excluding diaryl/α,β-unsaturated/α-hetero) is 1. The number of ketones is 1. The third-order valence-corrected chi connectivity index (χ3v) is 4.48. The van der Waals surface area contributed by atoms with Crippen molar-refractivity contribution >= 4 is 39.6 Å². The van der Waals surface area contributed by atoms with Crippen molar-refractivity contribution in [1.29, 1.82) is 0 Å². The van der Waals surface area contributed by atoms with Crippen LogP contribution < -0.4 is 5.32 Å². The maximum Gasteiger partial charge on any atom is 0.168 e. The predicted molar refractivity (Wildman–Crippen MR) is 83.3 cm³/mol. The molecule has 2 aromatic rings. The second-order valence-corrected chi connectivity index (χ2v) is 7.12. The van der Waals surface area contributed by atoms with Crippen molar-refractivity contribution in [3.63, 3.8) is 0 Å². The van der Waals surface area contributed by atoms with Gasteiger partial charge in [-0.2, -0.15) is 4.37 Å². The minimum absolute atomic E-state index is 0.00962. The Morgan fingerprint density at radius 1 is 1.25 bits per heavy atom. The molecule has 5 heteroatoms. The van der Waals surface area contributed by atoms with Crippen LogP contribution in [0.25, 0.3) is 0 Å². The lowest BCUT2D eigenvalue weighted by Gasteiger charge is -2.27. The summed E-state index contributed by atoms with van der Waals surface area (Å²) in [4.78, 5) is 12.3. The van der Waals surface area contributed by atoms with Gasteiger partial charge in [-0.15, -0.1) is 0 Å². The van der Waals surface area contributed by atoms with E-state index in [9.17, 15) is 4.79 Å². The zero-order valence-corrected chi connectivity index (χ0v) is 12.9. The van der Waals surface area contributed by atoms with Gasteiger partial charge in [0.25, 0.3) is 0 Å². The molecule has 1 aromatic heterocycles. The Bertz CT molecular complexity index is 661. The molecule has 0 spiro atoms.